The fourth-order valence-electron chi connectivity index (χ4n) is 2.91. The number of benzene rings is 1. The van der Waals surface area contributed by atoms with Gasteiger partial charge in [-0.05, 0) is 46.7 Å². The van der Waals surface area contributed by atoms with Crippen LogP contribution in [0.1, 0.15) is 23.5 Å². The van der Waals surface area contributed by atoms with E-state index in [-0.39, 0.29) is 11.8 Å². The Kier molecular flexibility index (Phi) is 3.38. The minimum absolute atomic E-state index is 0.0176. The number of carbonyl (C=O) groups excluding carboxylic acids is 1. The van der Waals surface area contributed by atoms with Crippen molar-refractivity contribution in [3.63, 3.8) is 0 Å². The Morgan fingerprint density at radius 3 is 2.83 bits per heavy atom. The molecule has 0 aliphatic carbocycles. The van der Waals surface area contributed by atoms with Gasteiger partial charge in [0.25, 0.3) is 0 Å². The average molecular weight is 325 g/mol. The van der Waals surface area contributed by atoms with Crippen LogP contribution in [0.4, 0.5) is 5.82 Å². The number of methoxy groups -OCH3 is 1. The van der Waals surface area contributed by atoms with Crippen molar-refractivity contribution in [3.8, 4) is 11.4 Å². The van der Waals surface area contributed by atoms with Gasteiger partial charge in [-0.2, -0.15) is 16.4 Å². The maximum atomic E-state index is 12.1. The van der Waals surface area contributed by atoms with Gasteiger partial charge in [0, 0.05) is 17.9 Å². The Bertz CT molecular complexity index is 837. The summed E-state index contributed by atoms with van der Waals surface area (Å²) in [5, 5.41) is 11.6. The fraction of sp³-hybridized carbons (Fsp3) is 0.176. The van der Waals surface area contributed by atoms with Gasteiger partial charge in [0.2, 0.25) is 5.91 Å². The highest BCUT2D eigenvalue weighted by Gasteiger charge is 2.30. The molecule has 1 N–H and O–H groups in total. The van der Waals surface area contributed by atoms with E-state index in [2.05, 4.69) is 21.9 Å². The molecule has 0 radical (unpaired) electrons. The minimum atomic E-state index is 0.0176. The summed E-state index contributed by atoms with van der Waals surface area (Å²) in [4.78, 5) is 12.1. The average Bonchev–Trinajstić information content (AvgIpc) is 3.24. The Balaban J connectivity index is 1.78. The predicted octanol–water partition coefficient (Wildman–Crippen LogP) is 3.42. The van der Waals surface area contributed by atoms with Crippen molar-refractivity contribution in [3.05, 3.63) is 58.4 Å². The van der Waals surface area contributed by atoms with E-state index < -0.39 is 0 Å². The fourth-order valence-corrected chi connectivity index (χ4v) is 3.62. The zero-order valence-corrected chi connectivity index (χ0v) is 13.3. The molecule has 4 rings (SSSR count). The number of amides is 1. The molecule has 5 nitrogen and oxygen atoms in total. The van der Waals surface area contributed by atoms with Gasteiger partial charge in [-0.25, -0.2) is 4.68 Å². The molecule has 3 aromatic rings. The molecule has 1 unspecified atom stereocenters. The number of fused-ring (bicyclic) bond motifs is 1. The molecular formula is C17H15N3O2S. The molecule has 1 aliphatic rings. The van der Waals surface area contributed by atoms with Crippen molar-refractivity contribution in [1.29, 1.82) is 0 Å². The van der Waals surface area contributed by atoms with Crippen LogP contribution < -0.4 is 10.1 Å². The number of hydrogen-bond donors (Lipinski definition) is 1. The molecule has 0 spiro atoms. The molecule has 2 aromatic heterocycles. The normalized spacial score (nSPS) is 16.7. The first-order chi connectivity index (χ1) is 11.3. The number of carbonyl (C=O) groups is 1. The zero-order valence-electron chi connectivity index (χ0n) is 12.5. The number of anilines is 1. The Hall–Kier alpha value is -2.60. The lowest BCUT2D eigenvalue weighted by atomic mass is 9.89. The third-order valence-electron chi connectivity index (χ3n) is 4.08. The van der Waals surface area contributed by atoms with Crippen LogP contribution in [-0.2, 0) is 4.79 Å². The van der Waals surface area contributed by atoms with Crippen molar-refractivity contribution in [2.75, 3.05) is 12.4 Å². The van der Waals surface area contributed by atoms with Gasteiger partial charge in [0.15, 0.2) is 0 Å². The second kappa shape index (κ2) is 5.55. The van der Waals surface area contributed by atoms with Crippen molar-refractivity contribution in [2.24, 2.45) is 0 Å². The zero-order chi connectivity index (χ0) is 15.8. The van der Waals surface area contributed by atoms with E-state index >= 15 is 0 Å². The lowest BCUT2D eigenvalue weighted by Gasteiger charge is -2.22. The van der Waals surface area contributed by atoms with Crippen LogP contribution in [0.15, 0.2) is 47.3 Å². The van der Waals surface area contributed by atoms with Gasteiger partial charge in [-0.15, -0.1) is 0 Å². The highest BCUT2D eigenvalue weighted by atomic mass is 32.1. The summed E-state index contributed by atoms with van der Waals surface area (Å²) in [5.74, 6) is 1.62. The third-order valence-corrected chi connectivity index (χ3v) is 4.78. The quantitative estimate of drug-likeness (QED) is 0.803. The SMILES string of the molecule is COc1ccc(-n2ncc3c2NC(=O)CC3c2ccsc2)cc1. The van der Waals surface area contributed by atoms with Crippen LogP contribution in [0.2, 0.25) is 0 Å². The molecule has 3 heterocycles. The maximum Gasteiger partial charge on any atom is 0.226 e. The predicted molar refractivity (Wildman–Crippen MR) is 89.5 cm³/mol. The highest BCUT2D eigenvalue weighted by molar-refractivity contribution is 7.08. The molecule has 1 atom stereocenters. The number of thiophene rings is 1. The van der Waals surface area contributed by atoms with Crippen molar-refractivity contribution >= 4 is 23.1 Å². The highest BCUT2D eigenvalue weighted by Crippen LogP contribution is 2.38. The van der Waals surface area contributed by atoms with Gasteiger partial charge in [0.1, 0.15) is 11.6 Å². The van der Waals surface area contributed by atoms with E-state index in [0.29, 0.717) is 6.42 Å². The van der Waals surface area contributed by atoms with E-state index in [0.717, 1.165) is 22.8 Å². The van der Waals surface area contributed by atoms with Crippen LogP contribution in [0, 0.1) is 0 Å². The van der Waals surface area contributed by atoms with Gasteiger partial charge in [-0.1, -0.05) is 0 Å². The van der Waals surface area contributed by atoms with E-state index in [4.69, 9.17) is 4.74 Å². The number of nitrogens with zero attached hydrogens (tertiary/aromatic N) is 2. The van der Waals surface area contributed by atoms with Crippen molar-refractivity contribution in [1.82, 2.24) is 9.78 Å². The smallest absolute Gasteiger partial charge is 0.226 e. The summed E-state index contributed by atoms with van der Waals surface area (Å²) in [7, 11) is 1.64. The number of nitrogens with one attached hydrogen (secondary N) is 1. The number of ether oxygens (including phenoxy) is 1. The van der Waals surface area contributed by atoms with Crippen LogP contribution in [0.3, 0.4) is 0 Å². The second-order valence-corrected chi connectivity index (χ2v) is 6.20. The molecule has 0 saturated carbocycles. The molecule has 0 saturated heterocycles. The summed E-state index contributed by atoms with van der Waals surface area (Å²) in [6.45, 7) is 0. The number of aromatic nitrogens is 2. The van der Waals surface area contributed by atoms with Gasteiger partial charge in [-0.3, -0.25) is 4.79 Å². The van der Waals surface area contributed by atoms with Gasteiger partial charge >= 0.3 is 0 Å². The molecule has 1 aromatic carbocycles. The summed E-state index contributed by atoms with van der Waals surface area (Å²) >= 11 is 1.64. The van der Waals surface area contributed by atoms with E-state index in [1.54, 1.807) is 23.1 Å². The second-order valence-electron chi connectivity index (χ2n) is 5.42. The Morgan fingerprint density at radius 1 is 1.30 bits per heavy atom. The first-order valence-electron chi connectivity index (χ1n) is 7.30. The first kappa shape index (κ1) is 14.0. The van der Waals surface area contributed by atoms with Crippen LogP contribution in [0.5, 0.6) is 5.75 Å². The first-order valence-corrected chi connectivity index (χ1v) is 8.25. The summed E-state index contributed by atoms with van der Waals surface area (Å²) in [6, 6.07) is 9.68. The molecule has 1 amide bonds. The number of hydrogen-bond acceptors (Lipinski definition) is 4. The maximum absolute atomic E-state index is 12.1. The number of rotatable bonds is 3. The largest absolute Gasteiger partial charge is 0.497 e. The summed E-state index contributed by atoms with van der Waals surface area (Å²) in [5.41, 5.74) is 3.11. The van der Waals surface area contributed by atoms with Crippen LogP contribution >= 0.6 is 11.3 Å². The lowest BCUT2D eigenvalue weighted by Crippen LogP contribution is -2.24. The summed E-state index contributed by atoms with van der Waals surface area (Å²) in [6.07, 6.45) is 2.30. The Labute approximate surface area is 137 Å². The monoisotopic (exact) mass is 325 g/mol. The van der Waals surface area contributed by atoms with Gasteiger partial charge < -0.3 is 10.1 Å². The Morgan fingerprint density at radius 2 is 2.13 bits per heavy atom. The standard InChI is InChI=1S/C17H15N3O2S/c1-22-13-4-2-12(3-5-13)20-17-15(9-18-20)14(8-16(21)19-17)11-6-7-23-10-11/h2-7,9-10,14H,8H2,1H3,(H,19,21). The van der Waals surface area contributed by atoms with Crippen LogP contribution in [0.25, 0.3) is 5.69 Å². The van der Waals surface area contributed by atoms with E-state index in [1.165, 1.54) is 5.56 Å². The minimum Gasteiger partial charge on any atom is -0.497 e. The molecular weight excluding hydrogens is 310 g/mol. The molecule has 116 valence electrons. The third kappa shape index (κ3) is 2.41. The molecule has 0 fully saturated rings. The molecule has 0 bridgehead atoms. The molecule has 1 aliphatic heterocycles. The molecule has 23 heavy (non-hydrogen) atoms. The lowest BCUT2D eigenvalue weighted by molar-refractivity contribution is -0.116. The van der Waals surface area contributed by atoms with Crippen molar-refractivity contribution in [2.45, 2.75) is 12.3 Å². The van der Waals surface area contributed by atoms with Crippen molar-refractivity contribution < 1.29 is 9.53 Å². The molecule has 6 heteroatoms. The van der Waals surface area contributed by atoms with E-state index in [9.17, 15) is 4.79 Å². The van der Waals surface area contributed by atoms with Crippen LogP contribution in [-0.4, -0.2) is 22.8 Å². The summed E-state index contributed by atoms with van der Waals surface area (Å²) < 4.78 is 6.95. The van der Waals surface area contributed by atoms with E-state index in [1.807, 2.05) is 35.8 Å². The van der Waals surface area contributed by atoms with Gasteiger partial charge in [0.05, 0.1) is 19.0 Å². The topological polar surface area (TPSA) is 56.1 Å².